The number of halogens is 1. The molecule has 122 valence electrons. The van der Waals surface area contributed by atoms with Gasteiger partial charge in [0.25, 0.3) is 0 Å². The van der Waals surface area contributed by atoms with Crippen molar-refractivity contribution < 1.29 is 24.2 Å². The van der Waals surface area contributed by atoms with Crippen LogP contribution in [0.2, 0.25) is 0 Å². The van der Waals surface area contributed by atoms with E-state index in [4.69, 9.17) is 5.11 Å². The van der Waals surface area contributed by atoms with Gasteiger partial charge in [-0.25, -0.2) is 9.37 Å². The average Bonchev–Trinajstić information content (AvgIpc) is 3.04. The predicted octanol–water partition coefficient (Wildman–Crippen LogP) is 2.19. The van der Waals surface area contributed by atoms with E-state index in [1.54, 1.807) is 12.1 Å². The average molecular weight is 338 g/mol. The van der Waals surface area contributed by atoms with Gasteiger partial charge in [-0.1, -0.05) is 6.07 Å². The van der Waals surface area contributed by atoms with E-state index < -0.39 is 23.8 Å². The highest BCUT2D eigenvalue weighted by molar-refractivity contribution is 7.18. The number of hydrogen-bond acceptors (Lipinski definition) is 5. The highest BCUT2D eigenvalue weighted by Crippen LogP contribution is 2.36. The Balaban J connectivity index is 1.77. The second-order valence-corrected chi connectivity index (χ2v) is 6.90. The molecule has 0 amide bonds. The third kappa shape index (κ3) is 3.04. The number of hydrogen-bond donors (Lipinski definition) is 2. The summed E-state index contributed by atoms with van der Waals surface area (Å²) >= 11 is 1.24. The summed E-state index contributed by atoms with van der Waals surface area (Å²) < 4.78 is 14.2. The topological polar surface area (TPSA) is 90.7 Å². The zero-order chi connectivity index (χ0) is 16.6. The molecule has 1 saturated heterocycles. The standard InChI is InChI=1S/C15H15FN2O4S/c16-9-2-1-3-10-13(9)23-11(17-10)7-18-5-4-15(8-18,14(21)22)6-12(19)20/h1-3H,4-8H2,(H,19,20)(H,21,22). The molecular formula is C15H15FN2O4S. The Hall–Kier alpha value is -2.06. The molecular weight excluding hydrogens is 323 g/mol. The number of fused-ring (bicyclic) bond motifs is 1. The minimum atomic E-state index is -1.26. The Morgan fingerprint density at radius 2 is 2.17 bits per heavy atom. The number of aromatic nitrogens is 1. The Bertz CT molecular complexity index is 778. The van der Waals surface area contributed by atoms with Gasteiger partial charge in [0, 0.05) is 6.54 Å². The van der Waals surface area contributed by atoms with Crippen molar-refractivity contribution in [1.29, 1.82) is 0 Å². The first-order valence-electron chi connectivity index (χ1n) is 7.11. The maximum Gasteiger partial charge on any atom is 0.311 e. The van der Waals surface area contributed by atoms with E-state index >= 15 is 0 Å². The first kappa shape index (κ1) is 15.8. The molecule has 0 bridgehead atoms. The molecule has 1 fully saturated rings. The van der Waals surface area contributed by atoms with E-state index in [9.17, 15) is 19.1 Å². The number of rotatable bonds is 5. The number of carboxylic acid groups (broad SMARTS) is 2. The van der Waals surface area contributed by atoms with Crippen molar-refractivity contribution in [3.05, 3.63) is 29.0 Å². The van der Waals surface area contributed by atoms with Crippen LogP contribution < -0.4 is 0 Å². The van der Waals surface area contributed by atoms with Gasteiger partial charge in [-0.15, -0.1) is 11.3 Å². The summed E-state index contributed by atoms with van der Waals surface area (Å²) in [5.41, 5.74) is -0.674. The number of aliphatic carboxylic acids is 2. The highest BCUT2D eigenvalue weighted by Gasteiger charge is 2.46. The number of thiazole rings is 1. The van der Waals surface area contributed by atoms with Crippen LogP contribution in [0.25, 0.3) is 10.2 Å². The largest absolute Gasteiger partial charge is 0.481 e. The zero-order valence-corrected chi connectivity index (χ0v) is 13.0. The zero-order valence-electron chi connectivity index (χ0n) is 12.2. The molecule has 0 aliphatic carbocycles. The monoisotopic (exact) mass is 338 g/mol. The molecule has 1 unspecified atom stereocenters. The van der Waals surface area contributed by atoms with Gasteiger partial charge in [0.05, 0.1) is 28.6 Å². The Kier molecular flexibility index (Phi) is 4.03. The molecule has 23 heavy (non-hydrogen) atoms. The van der Waals surface area contributed by atoms with Gasteiger partial charge < -0.3 is 10.2 Å². The molecule has 2 aromatic rings. The van der Waals surface area contributed by atoms with E-state index in [1.807, 2.05) is 4.90 Å². The van der Waals surface area contributed by atoms with E-state index in [0.29, 0.717) is 28.3 Å². The fourth-order valence-corrected chi connectivity index (χ4v) is 4.01. The maximum atomic E-state index is 13.7. The van der Waals surface area contributed by atoms with Crippen LogP contribution in [-0.4, -0.2) is 45.1 Å². The minimum Gasteiger partial charge on any atom is -0.481 e. The molecule has 1 aromatic heterocycles. The molecule has 2 heterocycles. The van der Waals surface area contributed by atoms with Crippen molar-refractivity contribution >= 4 is 33.5 Å². The van der Waals surface area contributed by atoms with Crippen LogP contribution in [0.4, 0.5) is 4.39 Å². The second kappa shape index (κ2) is 5.86. The fourth-order valence-electron chi connectivity index (χ4n) is 3.00. The van der Waals surface area contributed by atoms with Crippen molar-refractivity contribution in [1.82, 2.24) is 9.88 Å². The highest BCUT2D eigenvalue weighted by atomic mass is 32.1. The van der Waals surface area contributed by atoms with Gasteiger partial charge in [-0.05, 0) is 25.1 Å². The molecule has 2 N–H and O–H groups in total. The van der Waals surface area contributed by atoms with Crippen molar-refractivity contribution in [2.45, 2.75) is 19.4 Å². The Morgan fingerprint density at radius 3 is 2.83 bits per heavy atom. The van der Waals surface area contributed by atoms with Crippen molar-refractivity contribution in [3.63, 3.8) is 0 Å². The molecule has 6 nitrogen and oxygen atoms in total. The Labute approximate surface area is 135 Å². The molecule has 3 rings (SSSR count). The normalized spacial score (nSPS) is 21.8. The van der Waals surface area contributed by atoms with Crippen molar-refractivity contribution in [3.8, 4) is 0 Å². The lowest BCUT2D eigenvalue weighted by Gasteiger charge is -2.22. The molecule has 1 atom stereocenters. The van der Waals surface area contributed by atoms with Gasteiger partial charge in [0.1, 0.15) is 10.8 Å². The first-order valence-corrected chi connectivity index (χ1v) is 7.93. The van der Waals surface area contributed by atoms with Crippen LogP contribution in [0.1, 0.15) is 17.8 Å². The molecule has 1 aliphatic heterocycles. The van der Waals surface area contributed by atoms with Crippen LogP contribution in [0.15, 0.2) is 18.2 Å². The van der Waals surface area contributed by atoms with E-state index in [2.05, 4.69) is 4.98 Å². The van der Waals surface area contributed by atoms with E-state index in [1.165, 1.54) is 17.4 Å². The molecule has 0 saturated carbocycles. The lowest BCUT2D eigenvalue weighted by Crippen LogP contribution is -2.36. The first-order chi connectivity index (χ1) is 10.9. The molecule has 1 aliphatic rings. The summed E-state index contributed by atoms with van der Waals surface area (Å²) in [7, 11) is 0. The van der Waals surface area contributed by atoms with Crippen LogP contribution in [0, 0.1) is 11.2 Å². The Morgan fingerprint density at radius 1 is 1.39 bits per heavy atom. The summed E-state index contributed by atoms with van der Waals surface area (Å²) in [6, 6.07) is 4.70. The molecule has 0 radical (unpaired) electrons. The predicted molar refractivity (Wildman–Crippen MR) is 81.8 cm³/mol. The number of nitrogens with zero attached hydrogens (tertiary/aromatic N) is 2. The smallest absolute Gasteiger partial charge is 0.311 e. The van der Waals surface area contributed by atoms with Gasteiger partial charge >= 0.3 is 11.9 Å². The van der Waals surface area contributed by atoms with Crippen LogP contribution in [-0.2, 0) is 16.1 Å². The minimum absolute atomic E-state index is 0.160. The van der Waals surface area contributed by atoms with Gasteiger partial charge in [0.2, 0.25) is 0 Å². The van der Waals surface area contributed by atoms with Crippen LogP contribution >= 0.6 is 11.3 Å². The van der Waals surface area contributed by atoms with Crippen LogP contribution in [0.3, 0.4) is 0 Å². The quantitative estimate of drug-likeness (QED) is 0.868. The van der Waals surface area contributed by atoms with Gasteiger partial charge in [-0.3, -0.25) is 14.5 Å². The third-order valence-corrected chi connectivity index (χ3v) is 5.21. The summed E-state index contributed by atoms with van der Waals surface area (Å²) in [5, 5.41) is 19.0. The van der Waals surface area contributed by atoms with Crippen molar-refractivity contribution in [2.24, 2.45) is 5.41 Å². The summed E-state index contributed by atoms with van der Waals surface area (Å²) in [5.74, 6) is -2.52. The van der Waals surface area contributed by atoms with E-state index in [-0.39, 0.29) is 18.8 Å². The summed E-state index contributed by atoms with van der Waals surface area (Å²) in [6.45, 7) is 1.04. The number of likely N-dealkylation sites (tertiary alicyclic amines) is 1. The fraction of sp³-hybridized carbons (Fsp3) is 0.400. The SMILES string of the molecule is O=C(O)CC1(C(=O)O)CCN(Cc2nc3cccc(F)c3s2)C1. The maximum absolute atomic E-state index is 13.7. The summed E-state index contributed by atoms with van der Waals surface area (Å²) in [4.78, 5) is 28.7. The van der Waals surface area contributed by atoms with E-state index in [0.717, 1.165) is 0 Å². The van der Waals surface area contributed by atoms with Gasteiger partial charge in [-0.2, -0.15) is 0 Å². The second-order valence-electron chi connectivity index (χ2n) is 5.81. The number of carboxylic acids is 2. The number of carbonyl (C=O) groups is 2. The lowest BCUT2D eigenvalue weighted by atomic mass is 9.84. The molecule has 1 aromatic carbocycles. The molecule has 0 spiro atoms. The third-order valence-electron chi connectivity index (χ3n) is 4.15. The number of benzene rings is 1. The summed E-state index contributed by atoms with van der Waals surface area (Å²) in [6.07, 6.45) is -0.110. The van der Waals surface area contributed by atoms with Crippen molar-refractivity contribution in [2.75, 3.05) is 13.1 Å². The van der Waals surface area contributed by atoms with Gasteiger partial charge in [0.15, 0.2) is 0 Å². The van der Waals surface area contributed by atoms with Crippen LogP contribution in [0.5, 0.6) is 0 Å². The lowest BCUT2D eigenvalue weighted by molar-refractivity contribution is -0.155. The molecule has 8 heteroatoms.